The van der Waals surface area contributed by atoms with Crippen LogP contribution in [0.3, 0.4) is 0 Å². The molecular formula is C12H15NO5S. The second-order valence-corrected chi connectivity index (χ2v) is 5.05. The smallest absolute Gasteiger partial charge is 0.336 e. The van der Waals surface area contributed by atoms with Crippen molar-refractivity contribution in [3.05, 3.63) is 29.8 Å². The van der Waals surface area contributed by atoms with Crippen molar-refractivity contribution in [3.8, 4) is 0 Å². The number of rotatable bonds is 7. The molecule has 0 heterocycles. The molecule has 0 bridgehead atoms. The summed E-state index contributed by atoms with van der Waals surface area (Å²) in [6, 6.07) is 5.94. The highest BCUT2D eigenvalue weighted by Gasteiger charge is 2.16. The average Bonchev–Trinajstić information content (AvgIpc) is 2.39. The largest absolute Gasteiger partial charge is 0.478 e. The Morgan fingerprint density at radius 2 is 2.05 bits per heavy atom. The van der Waals surface area contributed by atoms with Gasteiger partial charge in [0, 0.05) is 13.7 Å². The second kappa shape index (κ2) is 7.65. The second-order valence-electron chi connectivity index (χ2n) is 3.63. The van der Waals surface area contributed by atoms with Crippen LogP contribution in [-0.4, -0.2) is 47.2 Å². The molecule has 1 atom stereocenters. The molecule has 0 fully saturated rings. The lowest BCUT2D eigenvalue weighted by Gasteiger charge is -2.06. The van der Waals surface area contributed by atoms with Crippen molar-refractivity contribution in [1.82, 2.24) is 5.32 Å². The highest BCUT2D eigenvalue weighted by atomic mass is 32.2. The number of benzene rings is 1. The Bertz CT molecular complexity index is 489. The van der Waals surface area contributed by atoms with E-state index in [0.717, 1.165) is 0 Å². The molecule has 0 saturated heterocycles. The minimum Gasteiger partial charge on any atom is -0.478 e. The monoisotopic (exact) mass is 285 g/mol. The Balaban J connectivity index is 2.68. The summed E-state index contributed by atoms with van der Waals surface area (Å²) in [7, 11) is -0.177. The third kappa shape index (κ3) is 4.80. The van der Waals surface area contributed by atoms with Crippen molar-refractivity contribution < 1.29 is 23.6 Å². The lowest BCUT2D eigenvalue weighted by atomic mass is 10.2. The fourth-order valence-electron chi connectivity index (χ4n) is 1.38. The van der Waals surface area contributed by atoms with Gasteiger partial charge in [-0.15, -0.1) is 0 Å². The van der Waals surface area contributed by atoms with E-state index >= 15 is 0 Å². The van der Waals surface area contributed by atoms with Crippen LogP contribution in [0.4, 0.5) is 0 Å². The van der Waals surface area contributed by atoms with Gasteiger partial charge in [0.2, 0.25) is 5.91 Å². The molecule has 2 N–H and O–H groups in total. The van der Waals surface area contributed by atoms with E-state index in [1.54, 1.807) is 12.1 Å². The summed E-state index contributed by atoms with van der Waals surface area (Å²) in [5.74, 6) is -1.84. The van der Waals surface area contributed by atoms with Crippen LogP contribution < -0.4 is 5.32 Å². The third-order valence-electron chi connectivity index (χ3n) is 2.25. The predicted octanol–water partition coefficient (Wildman–Crippen LogP) is 0.255. The van der Waals surface area contributed by atoms with Crippen LogP contribution in [0.15, 0.2) is 29.2 Å². The van der Waals surface area contributed by atoms with Crippen LogP contribution in [0.25, 0.3) is 0 Å². The fourth-order valence-corrected chi connectivity index (χ4v) is 2.51. The maximum absolute atomic E-state index is 12.0. The van der Waals surface area contributed by atoms with Gasteiger partial charge >= 0.3 is 5.97 Å². The highest BCUT2D eigenvalue weighted by molar-refractivity contribution is 7.85. The van der Waals surface area contributed by atoms with Gasteiger partial charge in [0.1, 0.15) is 5.75 Å². The van der Waals surface area contributed by atoms with Crippen LogP contribution in [0, 0.1) is 0 Å². The summed E-state index contributed by atoms with van der Waals surface area (Å²) in [5, 5.41) is 11.5. The number of hydrogen-bond acceptors (Lipinski definition) is 4. The number of carbonyl (C=O) groups is 2. The molecule has 0 aliphatic heterocycles. The van der Waals surface area contributed by atoms with E-state index < -0.39 is 22.7 Å². The fraction of sp³-hybridized carbons (Fsp3) is 0.333. The summed E-state index contributed by atoms with van der Waals surface area (Å²) in [4.78, 5) is 22.6. The average molecular weight is 285 g/mol. The summed E-state index contributed by atoms with van der Waals surface area (Å²) in [5.41, 5.74) is -0.0504. The SMILES string of the molecule is COCCNC(=O)CS(=O)c1ccccc1C(=O)O. The molecule has 0 spiro atoms. The summed E-state index contributed by atoms with van der Waals surface area (Å²) < 4.78 is 16.7. The first-order valence-corrected chi connectivity index (χ1v) is 6.84. The van der Waals surface area contributed by atoms with E-state index in [1.807, 2.05) is 0 Å². The van der Waals surface area contributed by atoms with Gasteiger partial charge < -0.3 is 15.2 Å². The predicted molar refractivity (Wildman–Crippen MR) is 69.6 cm³/mol. The van der Waals surface area contributed by atoms with Crippen molar-refractivity contribution in [1.29, 1.82) is 0 Å². The molecule has 0 aromatic heterocycles. The first kappa shape index (κ1) is 15.3. The van der Waals surface area contributed by atoms with Crippen molar-refractivity contribution in [2.45, 2.75) is 4.90 Å². The number of amides is 1. The topological polar surface area (TPSA) is 92.7 Å². The Morgan fingerprint density at radius 3 is 2.68 bits per heavy atom. The number of ether oxygens (including phenoxy) is 1. The van der Waals surface area contributed by atoms with E-state index in [9.17, 15) is 13.8 Å². The molecule has 1 rings (SSSR count). The molecule has 1 aromatic carbocycles. The van der Waals surface area contributed by atoms with Crippen LogP contribution in [0.1, 0.15) is 10.4 Å². The number of aromatic carboxylic acids is 1. The molecular weight excluding hydrogens is 270 g/mol. The van der Waals surface area contributed by atoms with Gasteiger partial charge in [0.15, 0.2) is 0 Å². The molecule has 1 unspecified atom stereocenters. The standard InChI is InChI=1S/C12H15NO5S/c1-18-7-6-13-11(14)8-19(17)10-5-3-2-4-9(10)12(15)16/h2-5H,6-8H2,1H3,(H,13,14)(H,15,16). The van der Waals surface area contributed by atoms with Gasteiger partial charge in [0.05, 0.1) is 27.9 Å². The molecule has 104 valence electrons. The van der Waals surface area contributed by atoms with Crippen molar-refractivity contribution >= 4 is 22.7 Å². The zero-order valence-electron chi connectivity index (χ0n) is 10.4. The molecule has 1 aromatic rings. The van der Waals surface area contributed by atoms with Crippen LogP contribution >= 0.6 is 0 Å². The van der Waals surface area contributed by atoms with E-state index in [1.165, 1.54) is 19.2 Å². The van der Waals surface area contributed by atoms with Crippen molar-refractivity contribution in [2.24, 2.45) is 0 Å². The molecule has 0 aliphatic carbocycles. The van der Waals surface area contributed by atoms with Crippen molar-refractivity contribution in [3.63, 3.8) is 0 Å². The number of carboxylic acid groups (broad SMARTS) is 1. The van der Waals surface area contributed by atoms with E-state index in [-0.39, 0.29) is 16.2 Å². The number of carboxylic acids is 1. The molecule has 0 saturated carbocycles. The molecule has 6 nitrogen and oxygen atoms in total. The van der Waals surface area contributed by atoms with Crippen LogP contribution in [0.2, 0.25) is 0 Å². The third-order valence-corrected chi connectivity index (χ3v) is 3.62. The molecule has 0 radical (unpaired) electrons. The molecule has 7 heteroatoms. The normalized spacial score (nSPS) is 11.8. The van der Waals surface area contributed by atoms with E-state index in [2.05, 4.69) is 5.32 Å². The maximum Gasteiger partial charge on any atom is 0.336 e. The number of nitrogens with one attached hydrogen (secondary N) is 1. The summed E-state index contributed by atoms with van der Waals surface area (Å²) in [6.45, 7) is 0.692. The quantitative estimate of drug-likeness (QED) is 0.701. The molecule has 19 heavy (non-hydrogen) atoms. The lowest BCUT2D eigenvalue weighted by Crippen LogP contribution is -2.31. The van der Waals surface area contributed by atoms with Crippen LogP contribution in [-0.2, 0) is 20.3 Å². The van der Waals surface area contributed by atoms with Gasteiger partial charge in [-0.25, -0.2) is 4.79 Å². The lowest BCUT2D eigenvalue weighted by molar-refractivity contribution is -0.118. The molecule has 0 aliphatic rings. The van der Waals surface area contributed by atoms with Gasteiger partial charge in [-0.05, 0) is 12.1 Å². The maximum atomic E-state index is 12.0. The van der Waals surface area contributed by atoms with Gasteiger partial charge in [-0.1, -0.05) is 12.1 Å². The molecule has 1 amide bonds. The van der Waals surface area contributed by atoms with E-state index in [0.29, 0.717) is 13.2 Å². The highest BCUT2D eigenvalue weighted by Crippen LogP contribution is 2.13. The number of hydrogen-bond donors (Lipinski definition) is 2. The zero-order valence-corrected chi connectivity index (χ0v) is 11.2. The Morgan fingerprint density at radius 1 is 1.37 bits per heavy atom. The number of carbonyl (C=O) groups excluding carboxylic acids is 1. The van der Waals surface area contributed by atoms with Gasteiger partial charge in [-0.2, -0.15) is 0 Å². The zero-order chi connectivity index (χ0) is 14.3. The summed E-state index contributed by atoms with van der Waals surface area (Å²) >= 11 is 0. The minimum atomic E-state index is -1.68. The van der Waals surface area contributed by atoms with Gasteiger partial charge in [-0.3, -0.25) is 9.00 Å². The van der Waals surface area contributed by atoms with Crippen LogP contribution in [0.5, 0.6) is 0 Å². The number of methoxy groups -OCH3 is 1. The summed E-state index contributed by atoms with van der Waals surface area (Å²) in [6.07, 6.45) is 0. The minimum absolute atomic E-state index is 0.0504. The van der Waals surface area contributed by atoms with Crippen molar-refractivity contribution in [2.75, 3.05) is 26.0 Å². The first-order valence-electron chi connectivity index (χ1n) is 5.52. The van der Waals surface area contributed by atoms with E-state index in [4.69, 9.17) is 9.84 Å². The first-order chi connectivity index (χ1) is 9.06. The Kier molecular flexibility index (Phi) is 6.17. The van der Waals surface area contributed by atoms with Gasteiger partial charge in [0.25, 0.3) is 0 Å². The Labute approximate surface area is 113 Å². The Hall–Kier alpha value is -1.73.